The average Bonchev–Trinajstić information content (AvgIpc) is 2.74. The maximum atomic E-state index is 13.9. The van der Waals surface area contributed by atoms with Crippen LogP contribution in [-0.2, 0) is 11.4 Å². The largest absolute Gasteiger partial charge is 0.490 e. The second-order valence-corrected chi connectivity index (χ2v) is 7.00. The van der Waals surface area contributed by atoms with Crippen molar-refractivity contribution in [3.63, 3.8) is 0 Å². The van der Waals surface area contributed by atoms with E-state index in [1.165, 1.54) is 18.2 Å². The molecule has 7 heteroatoms. The first-order chi connectivity index (χ1) is 14.9. The summed E-state index contributed by atoms with van der Waals surface area (Å²) in [5.41, 5.74) is 7.53. The molecule has 0 heterocycles. The van der Waals surface area contributed by atoms with Crippen LogP contribution in [0.2, 0.25) is 0 Å². The van der Waals surface area contributed by atoms with Gasteiger partial charge in [-0.25, -0.2) is 8.78 Å². The molecule has 2 aromatic carbocycles. The Kier molecular flexibility index (Phi) is 9.46. The molecule has 0 radical (unpaired) electrons. The summed E-state index contributed by atoms with van der Waals surface area (Å²) in [5.74, 6) is -1.19. The first kappa shape index (κ1) is 24.3. The number of rotatable bonds is 12. The second-order valence-electron chi connectivity index (χ2n) is 7.00. The molecule has 0 saturated carbocycles. The number of hydrogen-bond acceptors (Lipinski definition) is 4. The zero-order chi connectivity index (χ0) is 22.8. The zero-order valence-corrected chi connectivity index (χ0v) is 17.9. The van der Waals surface area contributed by atoms with Gasteiger partial charge in [0, 0.05) is 18.6 Å². The summed E-state index contributed by atoms with van der Waals surface area (Å²) in [6.45, 7) is 3.75. The van der Waals surface area contributed by atoms with E-state index in [-0.39, 0.29) is 25.4 Å². The lowest BCUT2D eigenvalue weighted by Crippen LogP contribution is -2.15. The van der Waals surface area contributed by atoms with Crippen LogP contribution in [0.15, 0.2) is 42.0 Å². The van der Waals surface area contributed by atoms with Crippen molar-refractivity contribution >= 4 is 11.5 Å². The van der Waals surface area contributed by atoms with Gasteiger partial charge >= 0.3 is 0 Å². The van der Waals surface area contributed by atoms with Crippen molar-refractivity contribution in [3.8, 4) is 11.5 Å². The molecule has 31 heavy (non-hydrogen) atoms. The highest BCUT2D eigenvalue weighted by molar-refractivity contribution is 6.00. The molecule has 0 aliphatic heterocycles. The Bertz CT molecular complexity index is 908. The molecule has 0 aliphatic rings. The molecule has 0 spiro atoms. The molecule has 0 atom stereocenters. The Morgan fingerprint density at radius 2 is 1.77 bits per heavy atom. The van der Waals surface area contributed by atoms with E-state index >= 15 is 0 Å². The van der Waals surface area contributed by atoms with Gasteiger partial charge in [-0.05, 0) is 48.2 Å². The number of nitrogens with two attached hydrogens (primary N) is 1. The van der Waals surface area contributed by atoms with Gasteiger partial charge in [0.25, 0.3) is 0 Å². The van der Waals surface area contributed by atoms with Crippen LogP contribution < -0.4 is 15.2 Å². The lowest BCUT2D eigenvalue weighted by molar-refractivity contribution is -0.114. The first-order valence-corrected chi connectivity index (χ1v) is 10.4. The van der Waals surface area contributed by atoms with Crippen molar-refractivity contribution < 1.29 is 28.2 Å². The van der Waals surface area contributed by atoms with Crippen molar-refractivity contribution in [3.05, 3.63) is 64.7 Å². The van der Waals surface area contributed by atoms with Crippen LogP contribution in [0.5, 0.6) is 11.5 Å². The first-order valence-electron chi connectivity index (χ1n) is 10.4. The smallest absolute Gasteiger partial charge is 0.244 e. The predicted molar refractivity (Wildman–Crippen MR) is 116 cm³/mol. The van der Waals surface area contributed by atoms with Crippen LogP contribution in [0.1, 0.15) is 50.7 Å². The molecule has 0 saturated heterocycles. The van der Waals surface area contributed by atoms with Gasteiger partial charge < -0.3 is 20.3 Å². The van der Waals surface area contributed by atoms with Crippen LogP contribution in [0, 0.1) is 11.6 Å². The number of carbonyl (C=O) groups excluding carboxylic acids is 1. The van der Waals surface area contributed by atoms with Crippen LogP contribution >= 0.6 is 0 Å². The number of aliphatic hydroxyl groups excluding tert-OH is 1. The second kappa shape index (κ2) is 12.1. The van der Waals surface area contributed by atoms with E-state index in [9.17, 15) is 13.6 Å². The minimum Gasteiger partial charge on any atom is -0.490 e. The summed E-state index contributed by atoms with van der Waals surface area (Å²) in [6, 6.07) is 8.77. The number of aliphatic hydroxyl groups is 1. The Balaban J connectivity index is 2.41. The third-order valence-electron chi connectivity index (χ3n) is 4.80. The Morgan fingerprint density at radius 1 is 1.06 bits per heavy atom. The number of primary amides is 1. The summed E-state index contributed by atoms with van der Waals surface area (Å²) in [4.78, 5) is 11.9. The molecule has 5 nitrogen and oxygen atoms in total. The molecule has 2 rings (SSSR count). The van der Waals surface area contributed by atoms with Crippen LogP contribution in [0.25, 0.3) is 5.57 Å². The monoisotopic (exact) mass is 433 g/mol. The summed E-state index contributed by atoms with van der Waals surface area (Å²) < 4.78 is 39.3. The van der Waals surface area contributed by atoms with Crippen molar-refractivity contribution in [2.75, 3.05) is 13.2 Å². The van der Waals surface area contributed by atoms with Crippen molar-refractivity contribution in [1.29, 1.82) is 0 Å². The number of hydrogen-bond donors (Lipinski definition) is 2. The van der Waals surface area contributed by atoms with Crippen molar-refractivity contribution in [1.82, 2.24) is 0 Å². The van der Waals surface area contributed by atoms with Crippen LogP contribution in [0.4, 0.5) is 8.78 Å². The van der Waals surface area contributed by atoms with Gasteiger partial charge in [-0.2, -0.15) is 0 Å². The summed E-state index contributed by atoms with van der Waals surface area (Å²) >= 11 is 0. The molecule has 0 aromatic heterocycles. The molecular weight excluding hydrogens is 404 g/mol. The summed E-state index contributed by atoms with van der Waals surface area (Å²) in [5, 5.41) is 9.05. The molecule has 1 amide bonds. The molecule has 2 aromatic rings. The Morgan fingerprint density at radius 3 is 2.35 bits per heavy atom. The lowest BCUT2D eigenvalue weighted by atomic mass is 9.93. The van der Waals surface area contributed by atoms with Gasteiger partial charge in [0.1, 0.15) is 18.2 Å². The maximum absolute atomic E-state index is 13.9. The van der Waals surface area contributed by atoms with E-state index in [4.69, 9.17) is 20.3 Å². The Labute approximate surface area is 181 Å². The number of amides is 1. The molecule has 3 N–H and O–H groups in total. The number of benzene rings is 2. The number of halogens is 2. The Hall–Kier alpha value is -2.93. The fourth-order valence-corrected chi connectivity index (χ4v) is 3.25. The number of allylic oxidation sites excluding steroid dienone is 1. The van der Waals surface area contributed by atoms with E-state index in [0.717, 1.165) is 17.6 Å². The lowest BCUT2D eigenvalue weighted by Gasteiger charge is -2.17. The van der Waals surface area contributed by atoms with Crippen molar-refractivity contribution in [2.45, 2.75) is 46.1 Å². The van der Waals surface area contributed by atoms with E-state index in [1.54, 1.807) is 18.2 Å². The molecular formula is C24H29F2NO4. The highest BCUT2D eigenvalue weighted by Gasteiger charge is 2.16. The van der Waals surface area contributed by atoms with E-state index < -0.39 is 17.5 Å². The van der Waals surface area contributed by atoms with Gasteiger partial charge in [0.2, 0.25) is 5.91 Å². The molecule has 0 aliphatic carbocycles. The molecule has 0 bridgehead atoms. The SMILES string of the molecule is CCC/C(=C(/CC)C(N)=O)c1ccc(OCc2c(F)cccc2F)c(OCCCO)c1. The van der Waals surface area contributed by atoms with Crippen LogP contribution in [0.3, 0.4) is 0 Å². The van der Waals surface area contributed by atoms with E-state index in [0.29, 0.717) is 36.3 Å². The molecule has 0 unspecified atom stereocenters. The summed E-state index contributed by atoms with van der Waals surface area (Å²) in [7, 11) is 0. The number of carbonyl (C=O) groups is 1. The minimum atomic E-state index is -0.693. The maximum Gasteiger partial charge on any atom is 0.244 e. The van der Waals surface area contributed by atoms with Crippen molar-refractivity contribution in [2.24, 2.45) is 5.73 Å². The van der Waals surface area contributed by atoms with Gasteiger partial charge in [0.15, 0.2) is 11.5 Å². The van der Waals surface area contributed by atoms with Crippen LogP contribution in [-0.4, -0.2) is 24.2 Å². The van der Waals surface area contributed by atoms with Gasteiger partial charge in [-0.3, -0.25) is 4.79 Å². The number of ether oxygens (including phenoxy) is 2. The quantitative estimate of drug-likeness (QED) is 0.374. The molecule has 0 fully saturated rings. The summed E-state index contributed by atoms with van der Waals surface area (Å²) in [6.07, 6.45) is 2.38. The predicted octanol–water partition coefficient (Wildman–Crippen LogP) is 4.75. The van der Waals surface area contributed by atoms with E-state index in [1.807, 2.05) is 13.8 Å². The molecule has 168 valence electrons. The third kappa shape index (κ3) is 6.52. The standard InChI is InChI=1S/C24H29F2NO4/c1-3-7-18(17(4-2)24(27)29)16-10-11-22(23(14-16)30-13-6-12-28)31-15-19-20(25)8-5-9-21(19)26/h5,8-11,14,28H,3-4,6-7,12-13,15H2,1-2H3,(H2,27,29)/b18-17+. The normalized spacial score (nSPS) is 11.8. The minimum absolute atomic E-state index is 0.0427. The van der Waals surface area contributed by atoms with Gasteiger partial charge in [-0.15, -0.1) is 0 Å². The zero-order valence-electron chi connectivity index (χ0n) is 17.9. The highest BCUT2D eigenvalue weighted by Crippen LogP contribution is 2.35. The highest BCUT2D eigenvalue weighted by atomic mass is 19.1. The third-order valence-corrected chi connectivity index (χ3v) is 4.80. The fourth-order valence-electron chi connectivity index (χ4n) is 3.25. The fraction of sp³-hybridized carbons (Fsp3) is 0.375. The average molecular weight is 433 g/mol. The van der Waals surface area contributed by atoms with E-state index in [2.05, 4.69) is 0 Å². The topological polar surface area (TPSA) is 81.8 Å². The van der Waals surface area contributed by atoms with Gasteiger partial charge in [0.05, 0.1) is 12.2 Å². The van der Waals surface area contributed by atoms with Gasteiger partial charge in [-0.1, -0.05) is 32.4 Å².